The summed E-state index contributed by atoms with van der Waals surface area (Å²) >= 11 is 0. The first-order chi connectivity index (χ1) is 33.6. The average Bonchev–Trinajstić information content (AvgIpc) is 3.66. The molecule has 1 N–H and O–H groups in total. The molecule has 2 atom stereocenters. The van der Waals surface area contributed by atoms with Gasteiger partial charge in [0.05, 0.1) is 22.8 Å². The fraction of sp³-hybridized carbons (Fsp3) is 0.475. The van der Waals surface area contributed by atoms with Crippen LogP contribution in [0, 0.1) is 13.8 Å². The maximum Gasteiger partial charge on any atom is 0.338 e. The van der Waals surface area contributed by atoms with Crippen molar-refractivity contribution in [3.05, 3.63) is 142 Å². The van der Waals surface area contributed by atoms with Crippen molar-refractivity contribution in [1.29, 1.82) is 0 Å². The second kappa shape index (κ2) is 23.7. The highest BCUT2D eigenvalue weighted by molar-refractivity contribution is 6.03. The van der Waals surface area contributed by atoms with Gasteiger partial charge in [0, 0.05) is 86.6 Å². The first-order valence-corrected chi connectivity index (χ1v) is 25.6. The molecular weight excluding hydrogens is 875 g/mol. The van der Waals surface area contributed by atoms with Crippen molar-refractivity contribution in [3.8, 4) is 0 Å². The topological polar surface area (TPSA) is 113 Å². The number of unbranched alkanes of at least 4 members (excludes halogenated alkanes) is 1. The SMILES string of the molecule is Cc1cc(C)c2c(c1)CC(=NOCC(=O)N1CCCCC1)/C=C/CC(OCCCNC(=O)CCCCN1/C(=C\C=C\C3=[N+](C)c4ccccc4C3(C)C)C(C)(C)c3ccccc31)/C=C/C[C@@H](C)OC2=O. The van der Waals surface area contributed by atoms with Gasteiger partial charge in [-0.3, -0.25) is 9.59 Å². The molecule has 11 nitrogen and oxygen atoms in total. The molecule has 4 heterocycles. The highest BCUT2D eigenvalue weighted by atomic mass is 16.6. The van der Waals surface area contributed by atoms with E-state index in [0.717, 1.165) is 68.4 Å². The third-order valence-corrected chi connectivity index (χ3v) is 14.3. The molecule has 0 bridgehead atoms. The van der Waals surface area contributed by atoms with Crippen LogP contribution in [0.4, 0.5) is 11.4 Å². The van der Waals surface area contributed by atoms with E-state index in [4.69, 9.17) is 14.3 Å². The number of piperidine rings is 1. The number of ether oxygens (including phenoxy) is 2. The van der Waals surface area contributed by atoms with E-state index in [2.05, 4.69) is 121 Å². The van der Waals surface area contributed by atoms with Crippen LogP contribution >= 0.6 is 0 Å². The number of benzene rings is 3. The molecule has 3 aromatic rings. The van der Waals surface area contributed by atoms with Crippen LogP contribution in [0.1, 0.15) is 131 Å². The minimum absolute atomic E-state index is 0.0464. The number of nitrogens with one attached hydrogen (secondary N) is 1. The maximum atomic E-state index is 13.6. The van der Waals surface area contributed by atoms with Crippen LogP contribution in [0.25, 0.3) is 0 Å². The van der Waals surface area contributed by atoms with Gasteiger partial charge in [0.25, 0.3) is 5.91 Å². The minimum Gasteiger partial charge on any atom is -0.459 e. The number of hydrogen-bond acceptors (Lipinski definition) is 8. The summed E-state index contributed by atoms with van der Waals surface area (Å²) in [5.41, 5.74) is 11.2. The van der Waals surface area contributed by atoms with Crippen molar-refractivity contribution in [2.45, 2.75) is 136 Å². The zero-order valence-electron chi connectivity index (χ0n) is 43.0. The number of carbonyl (C=O) groups excluding carboxylic acids is 3. The van der Waals surface area contributed by atoms with E-state index in [1.54, 1.807) is 0 Å². The van der Waals surface area contributed by atoms with Gasteiger partial charge in [0.15, 0.2) is 12.3 Å². The lowest BCUT2D eigenvalue weighted by atomic mass is 9.81. The molecule has 3 aromatic carbocycles. The Bertz CT molecular complexity index is 2560. The second-order valence-electron chi connectivity index (χ2n) is 20.5. The first kappa shape index (κ1) is 51.8. The molecule has 70 heavy (non-hydrogen) atoms. The number of cyclic esters (lactones) is 1. The monoisotopic (exact) mass is 951 g/mol. The van der Waals surface area contributed by atoms with Crippen molar-refractivity contribution in [2.24, 2.45) is 5.16 Å². The predicted molar refractivity (Wildman–Crippen MR) is 281 cm³/mol. The number of rotatable bonds is 15. The molecule has 11 heteroatoms. The van der Waals surface area contributed by atoms with Gasteiger partial charge in [0.2, 0.25) is 11.6 Å². The third-order valence-electron chi connectivity index (χ3n) is 14.3. The van der Waals surface area contributed by atoms with Gasteiger partial charge in [-0.2, -0.15) is 4.58 Å². The van der Waals surface area contributed by atoms with E-state index < -0.39 is 0 Å². The van der Waals surface area contributed by atoms with Crippen molar-refractivity contribution in [3.63, 3.8) is 0 Å². The number of amides is 2. The molecular formula is C59H76N5O6+. The van der Waals surface area contributed by atoms with E-state index >= 15 is 0 Å². The number of carbonyl (C=O) groups is 3. The number of para-hydroxylation sites is 2. The van der Waals surface area contributed by atoms with Crippen LogP contribution in [0.5, 0.6) is 0 Å². The zero-order chi connectivity index (χ0) is 49.8. The summed E-state index contributed by atoms with van der Waals surface area (Å²) in [7, 11) is 2.16. The average molecular weight is 951 g/mol. The fourth-order valence-electron chi connectivity index (χ4n) is 10.6. The predicted octanol–water partition coefficient (Wildman–Crippen LogP) is 10.7. The summed E-state index contributed by atoms with van der Waals surface area (Å²) in [6, 6.07) is 21.3. The molecule has 2 amide bonds. The van der Waals surface area contributed by atoms with Crippen molar-refractivity contribution < 1.29 is 33.3 Å². The molecule has 0 aromatic heterocycles. The standard InChI is InChI=1S/C59H75N5O6/c1-42-38-43(2)56-45(39-42)40-46(61-69-41-55(66)63-34-15-9-16-35-63)23-19-25-47(24-18-22-44(3)70-57(56)67)68-37-21-33-60-54(65)32-14-17-36-64-51-29-13-11-27-49(51)59(6,7)53(64)31-20-30-52-58(4,5)48-26-10-12-28-50(48)62(52)8/h10-13,18-20,23-24,26-31,38-39,44,47H,9,14-17,21-22,25,32-37,40-41H2,1-8H3/p+1/b23-19+,24-18+,61-46?/t44-,47?/m1/s1. The minimum atomic E-state index is -0.375. The summed E-state index contributed by atoms with van der Waals surface area (Å²) in [4.78, 5) is 49.5. The molecule has 0 aliphatic carbocycles. The van der Waals surface area contributed by atoms with Gasteiger partial charge in [-0.05, 0) is 114 Å². The van der Waals surface area contributed by atoms with Gasteiger partial charge in [-0.1, -0.05) is 97.4 Å². The number of likely N-dealkylation sites (tertiary alicyclic amines) is 1. The summed E-state index contributed by atoms with van der Waals surface area (Å²) in [5, 5.41) is 7.55. The summed E-state index contributed by atoms with van der Waals surface area (Å²) in [6.45, 7) is 18.2. The lowest BCUT2D eigenvalue weighted by molar-refractivity contribution is -0.401. The highest BCUT2D eigenvalue weighted by Crippen LogP contribution is 2.48. The molecule has 7 rings (SSSR count). The molecule has 4 aliphatic heterocycles. The van der Waals surface area contributed by atoms with Crippen LogP contribution in [-0.4, -0.2) is 97.3 Å². The van der Waals surface area contributed by atoms with Gasteiger partial charge >= 0.3 is 5.97 Å². The van der Waals surface area contributed by atoms with Crippen molar-refractivity contribution in [2.75, 3.05) is 51.3 Å². The Labute approximate surface area is 417 Å². The van der Waals surface area contributed by atoms with Crippen molar-refractivity contribution >= 4 is 40.6 Å². The molecule has 4 aliphatic rings. The number of oxime groups is 1. The van der Waals surface area contributed by atoms with E-state index in [-0.39, 0.29) is 47.4 Å². The van der Waals surface area contributed by atoms with Crippen LogP contribution in [0.3, 0.4) is 0 Å². The van der Waals surface area contributed by atoms with Crippen LogP contribution in [0.2, 0.25) is 0 Å². The fourth-order valence-corrected chi connectivity index (χ4v) is 10.6. The molecule has 372 valence electrons. The smallest absolute Gasteiger partial charge is 0.338 e. The van der Waals surface area contributed by atoms with Crippen LogP contribution in [-0.2, 0) is 41.2 Å². The van der Waals surface area contributed by atoms with Crippen molar-refractivity contribution in [1.82, 2.24) is 10.2 Å². The molecule has 1 saturated heterocycles. The largest absolute Gasteiger partial charge is 0.459 e. The Balaban J connectivity index is 0.910. The number of nitrogens with zero attached hydrogens (tertiary/aromatic N) is 4. The summed E-state index contributed by atoms with van der Waals surface area (Å²) in [6.07, 6.45) is 21.4. The first-order valence-electron chi connectivity index (χ1n) is 25.6. The molecule has 0 spiro atoms. The normalized spacial score (nSPS) is 22.1. The number of anilines is 1. The lowest BCUT2D eigenvalue weighted by Gasteiger charge is -2.27. The molecule has 0 saturated carbocycles. The van der Waals surface area contributed by atoms with Gasteiger partial charge in [-0.15, -0.1) is 0 Å². The molecule has 0 radical (unpaired) electrons. The number of aryl methyl sites for hydroxylation is 2. The number of fused-ring (bicyclic) bond motifs is 3. The Morgan fingerprint density at radius 2 is 1.69 bits per heavy atom. The Kier molecular flexibility index (Phi) is 17.5. The molecule has 1 unspecified atom stereocenters. The van der Waals surface area contributed by atoms with E-state index in [1.165, 1.54) is 33.9 Å². The quantitative estimate of drug-likeness (QED) is 0.0531. The maximum absolute atomic E-state index is 13.6. The Morgan fingerprint density at radius 3 is 2.47 bits per heavy atom. The summed E-state index contributed by atoms with van der Waals surface area (Å²) < 4.78 is 14.6. The van der Waals surface area contributed by atoms with Crippen LogP contribution < -0.4 is 10.2 Å². The van der Waals surface area contributed by atoms with Gasteiger partial charge in [0.1, 0.15) is 13.2 Å². The lowest BCUT2D eigenvalue weighted by Crippen LogP contribution is -2.37. The van der Waals surface area contributed by atoms with E-state index in [1.807, 2.05) is 62.1 Å². The summed E-state index contributed by atoms with van der Waals surface area (Å²) in [5.74, 6) is -0.402. The van der Waals surface area contributed by atoms with Crippen LogP contribution in [0.15, 0.2) is 114 Å². The van der Waals surface area contributed by atoms with Gasteiger partial charge in [-0.25, -0.2) is 4.79 Å². The Hall–Kier alpha value is -6.07. The zero-order valence-corrected chi connectivity index (χ0v) is 43.0. The third kappa shape index (κ3) is 12.6. The van der Waals surface area contributed by atoms with Gasteiger partial charge < -0.3 is 29.4 Å². The second-order valence-corrected chi connectivity index (χ2v) is 20.5. The van der Waals surface area contributed by atoms with E-state index in [0.29, 0.717) is 56.5 Å². The Morgan fingerprint density at radius 1 is 0.929 bits per heavy atom. The molecule has 1 fully saturated rings. The number of allylic oxidation sites excluding steroid dienone is 5. The number of hydrogen-bond donors (Lipinski definition) is 1. The van der Waals surface area contributed by atoms with E-state index in [9.17, 15) is 14.4 Å². The highest BCUT2D eigenvalue weighted by Gasteiger charge is 2.43. The number of esters is 1.